The topological polar surface area (TPSA) is 142 Å². The highest BCUT2D eigenvalue weighted by Crippen LogP contribution is 2.33. The van der Waals surface area contributed by atoms with Gasteiger partial charge in [0.1, 0.15) is 11.9 Å². The highest BCUT2D eigenvalue weighted by molar-refractivity contribution is 7.90. The quantitative estimate of drug-likeness (QED) is 0.197. The standard InChI is InChI=1S/C28H29ClFN3O6S2/c1-17(34)27(36)33-41(38,39)25-9-5-3-7-22(25)21-11-10-18(12-23(21)29)14-31-26(35)15-32-28(37)20(16-40)13-19-6-2-4-8-24(19)30/h2-12,17,20,34,40H,13-16H2,1H3,(H,31,35)(H,32,37)(H,33,36)/t17-,20+/m0/s1. The van der Waals surface area contributed by atoms with Crippen molar-refractivity contribution in [3.63, 3.8) is 0 Å². The van der Waals surface area contributed by atoms with Gasteiger partial charge in [-0.2, -0.15) is 12.6 Å². The maximum absolute atomic E-state index is 13.9. The van der Waals surface area contributed by atoms with E-state index in [1.54, 1.807) is 42.5 Å². The van der Waals surface area contributed by atoms with E-state index in [1.807, 2.05) is 4.72 Å². The van der Waals surface area contributed by atoms with E-state index in [-0.39, 0.29) is 40.7 Å². The van der Waals surface area contributed by atoms with Gasteiger partial charge < -0.3 is 15.7 Å². The summed E-state index contributed by atoms with van der Waals surface area (Å²) >= 11 is 10.6. The molecule has 3 aromatic rings. The minimum absolute atomic E-state index is 0.0737. The number of aliphatic hydroxyl groups is 1. The molecular formula is C28H29ClFN3O6S2. The van der Waals surface area contributed by atoms with Crippen LogP contribution in [0, 0.1) is 11.7 Å². The Labute approximate surface area is 248 Å². The number of thiol groups is 1. The van der Waals surface area contributed by atoms with Gasteiger partial charge in [0.25, 0.3) is 15.9 Å². The predicted molar refractivity (Wildman–Crippen MR) is 156 cm³/mol. The molecular weight excluding hydrogens is 593 g/mol. The summed E-state index contributed by atoms with van der Waals surface area (Å²) in [5.74, 6) is -2.83. The summed E-state index contributed by atoms with van der Waals surface area (Å²) in [6.07, 6.45) is -1.38. The minimum Gasteiger partial charge on any atom is -0.384 e. The lowest BCUT2D eigenvalue weighted by molar-refractivity contribution is -0.128. The van der Waals surface area contributed by atoms with Crippen molar-refractivity contribution >= 4 is 52.0 Å². The van der Waals surface area contributed by atoms with Crippen LogP contribution >= 0.6 is 24.2 Å². The molecule has 0 heterocycles. The Kier molecular flexibility index (Phi) is 11.3. The monoisotopic (exact) mass is 621 g/mol. The lowest BCUT2D eigenvalue weighted by Gasteiger charge is -2.15. The zero-order chi connectivity index (χ0) is 30.2. The van der Waals surface area contributed by atoms with E-state index < -0.39 is 45.6 Å². The molecule has 0 aliphatic carbocycles. The van der Waals surface area contributed by atoms with Gasteiger partial charge in [0.15, 0.2) is 0 Å². The summed E-state index contributed by atoms with van der Waals surface area (Å²) in [5.41, 5.74) is 1.59. The molecule has 13 heteroatoms. The Morgan fingerprint density at radius 2 is 1.66 bits per heavy atom. The summed E-state index contributed by atoms with van der Waals surface area (Å²) in [5, 5.41) is 14.8. The number of rotatable bonds is 12. The molecule has 3 rings (SSSR count). The highest BCUT2D eigenvalue weighted by atomic mass is 35.5. The van der Waals surface area contributed by atoms with Crippen LogP contribution in [0.2, 0.25) is 5.02 Å². The van der Waals surface area contributed by atoms with E-state index in [0.29, 0.717) is 16.7 Å². The lowest BCUT2D eigenvalue weighted by Crippen LogP contribution is -2.40. The van der Waals surface area contributed by atoms with Gasteiger partial charge in [0.05, 0.1) is 17.4 Å². The van der Waals surface area contributed by atoms with Gasteiger partial charge in [-0.05, 0) is 42.7 Å². The van der Waals surface area contributed by atoms with Gasteiger partial charge in [-0.25, -0.2) is 17.5 Å². The summed E-state index contributed by atoms with van der Waals surface area (Å²) in [6.45, 7) is 0.923. The molecule has 0 aliphatic heterocycles. The number of aliphatic hydroxyl groups excluding tert-OH is 1. The van der Waals surface area contributed by atoms with Crippen LogP contribution < -0.4 is 15.4 Å². The smallest absolute Gasteiger partial charge is 0.264 e. The maximum Gasteiger partial charge on any atom is 0.264 e. The molecule has 0 spiro atoms. The van der Waals surface area contributed by atoms with Crippen molar-refractivity contribution < 1.29 is 32.3 Å². The van der Waals surface area contributed by atoms with Crippen molar-refractivity contribution in [1.29, 1.82) is 0 Å². The Morgan fingerprint density at radius 1 is 0.976 bits per heavy atom. The molecule has 0 bridgehead atoms. The Balaban J connectivity index is 1.62. The van der Waals surface area contributed by atoms with Crippen LogP contribution in [0.1, 0.15) is 18.1 Å². The van der Waals surface area contributed by atoms with Crippen LogP contribution in [0.25, 0.3) is 11.1 Å². The maximum atomic E-state index is 13.9. The van der Waals surface area contributed by atoms with E-state index in [4.69, 9.17) is 11.6 Å². The van der Waals surface area contributed by atoms with Crippen molar-refractivity contribution in [2.45, 2.75) is 30.9 Å². The number of amides is 3. The number of hydrogen-bond acceptors (Lipinski definition) is 7. The fourth-order valence-electron chi connectivity index (χ4n) is 3.83. The normalized spacial score (nSPS) is 12.7. The molecule has 0 saturated carbocycles. The highest BCUT2D eigenvalue weighted by Gasteiger charge is 2.24. The van der Waals surface area contributed by atoms with Crippen molar-refractivity contribution in [2.75, 3.05) is 12.3 Å². The van der Waals surface area contributed by atoms with Crippen LogP contribution in [0.4, 0.5) is 4.39 Å². The number of benzene rings is 3. The minimum atomic E-state index is -4.31. The van der Waals surface area contributed by atoms with Gasteiger partial charge in [-0.3, -0.25) is 14.4 Å². The van der Waals surface area contributed by atoms with Crippen LogP contribution in [0.3, 0.4) is 0 Å². The van der Waals surface area contributed by atoms with Crippen LogP contribution in [-0.2, 0) is 37.4 Å². The van der Waals surface area contributed by atoms with E-state index in [9.17, 15) is 32.3 Å². The van der Waals surface area contributed by atoms with Gasteiger partial charge in [-0.15, -0.1) is 0 Å². The first-order valence-corrected chi connectivity index (χ1v) is 14.9. The zero-order valence-corrected chi connectivity index (χ0v) is 24.4. The predicted octanol–water partition coefficient (Wildman–Crippen LogP) is 2.85. The SMILES string of the molecule is C[C@H](O)C(=O)NS(=O)(=O)c1ccccc1-c1ccc(CNC(=O)CNC(=O)[C@@H](CS)Cc2ccccc2F)cc1Cl. The number of sulfonamides is 1. The molecule has 3 amide bonds. The van der Waals surface area contributed by atoms with Gasteiger partial charge in [0, 0.05) is 28.4 Å². The lowest BCUT2D eigenvalue weighted by atomic mass is 10.00. The molecule has 9 nitrogen and oxygen atoms in total. The van der Waals surface area contributed by atoms with Gasteiger partial charge in [-0.1, -0.05) is 60.1 Å². The Morgan fingerprint density at radius 3 is 2.32 bits per heavy atom. The molecule has 3 aromatic carbocycles. The van der Waals surface area contributed by atoms with Crippen LogP contribution in [0.5, 0.6) is 0 Å². The Hall–Kier alpha value is -3.45. The van der Waals surface area contributed by atoms with Crippen molar-refractivity contribution in [3.8, 4) is 11.1 Å². The van der Waals surface area contributed by atoms with Gasteiger partial charge >= 0.3 is 0 Å². The summed E-state index contributed by atoms with van der Waals surface area (Å²) < 4.78 is 41.4. The summed E-state index contributed by atoms with van der Waals surface area (Å²) in [7, 11) is -4.31. The van der Waals surface area contributed by atoms with Crippen LogP contribution in [0.15, 0.2) is 71.6 Å². The third-order valence-corrected chi connectivity index (χ3v) is 8.20. The van der Waals surface area contributed by atoms with Gasteiger partial charge in [0.2, 0.25) is 11.8 Å². The Bertz CT molecular complexity index is 1530. The van der Waals surface area contributed by atoms with Crippen molar-refractivity contribution in [1.82, 2.24) is 15.4 Å². The molecule has 0 aromatic heterocycles. The van der Waals surface area contributed by atoms with E-state index >= 15 is 0 Å². The summed E-state index contributed by atoms with van der Waals surface area (Å²) in [4.78, 5) is 36.5. The number of carbonyl (C=O) groups is 3. The number of hydrogen-bond donors (Lipinski definition) is 5. The second-order valence-electron chi connectivity index (χ2n) is 9.13. The second kappa shape index (κ2) is 14.4. The number of carbonyl (C=O) groups excluding carboxylic acids is 3. The van der Waals surface area contributed by atoms with Crippen LogP contribution in [-0.4, -0.2) is 49.6 Å². The fraction of sp³-hybridized carbons (Fsp3) is 0.250. The first-order valence-electron chi connectivity index (χ1n) is 12.4. The largest absolute Gasteiger partial charge is 0.384 e. The molecule has 41 heavy (non-hydrogen) atoms. The molecule has 0 radical (unpaired) electrons. The second-order valence-corrected chi connectivity index (χ2v) is 11.5. The average molecular weight is 622 g/mol. The third kappa shape index (κ3) is 8.77. The fourth-order valence-corrected chi connectivity index (χ4v) is 5.70. The molecule has 0 fully saturated rings. The zero-order valence-electron chi connectivity index (χ0n) is 21.9. The van der Waals surface area contributed by atoms with Crippen molar-refractivity contribution in [3.05, 3.63) is 88.7 Å². The third-order valence-electron chi connectivity index (χ3n) is 6.04. The van der Waals surface area contributed by atoms with E-state index in [1.165, 1.54) is 24.3 Å². The molecule has 4 N–H and O–H groups in total. The molecule has 0 aliphatic rings. The molecule has 218 valence electrons. The molecule has 2 atom stereocenters. The average Bonchev–Trinajstić information content (AvgIpc) is 2.94. The number of halogens is 2. The first-order chi connectivity index (χ1) is 19.4. The van der Waals surface area contributed by atoms with E-state index in [2.05, 4.69) is 23.3 Å². The number of nitrogens with one attached hydrogen (secondary N) is 3. The first kappa shape index (κ1) is 32.1. The molecule has 0 unspecified atom stereocenters. The summed E-state index contributed by atoms with van der Waals surface area (Å²) in [6, 6.07) is 16.8. The molecule has 0 saturated heterocycles. The van der Waals surface area contributed by atoms with E-state index in [0.717, 1.165) is 6.92 Å². The van der Waals surface area contributed by atoms with Crippen molar-refractivity contribution in [2.24, 2.45) is 5.92 Å².